The molecule has 23 heavy (non-hydrogen) atoms. The fourth-order valence-corrected chi connectivity index (χ4v) is 3.07. The van der Waals surface area contributed by atoms with E-state index in [0.717, 1.165) is 6.26 Å². The number of sulfonamides is 1. The van der Waals surface area contributed by atoms with Gasteiger partial charge in [0, 0.05) is 25.9 Å². The maximum Gasteiger partial charge on any atom is 0.229 e. The number of para-hydroxylation sites is 1. The Bertz CT molecular complexity index is 708. The Kier molecular flexibility index (Phi) is 5.61. The van der Waals surface area contributed by atoms with Crippen LogP contribution in [0.3, 0.4) is 0 Å². The van der Waals surface area contributed by atoms with Crippen molar-refractivity contribution in [2.24, 2.45) is 0 Å². The summed E-state index contributed by atoms with van der Waals surface area (Å²) in [5.74, 6) is -0.419. The fraction of sp³-hybridized carbons (Fsp3) is 0.429. The van der Waals surface area contributed by atoms with Crippen LogP contribution in [0.4, 0.5) is 5.69 Å². The van der Waals surface area contributed by atoms with E-state index in [9.17, 15) is 18.0 Å². The molecule has 1 aliphatic rings. The van der Waals surface area contributed by atoms with Crippen LogP contribution in [0.5, 0.6) is 0 Å². The van der Waals surface area contributed by atoms with Gasteiger partial charge in [-0.15, -0.1) is 0 Å². The van der Waals surface area contributed by atoms with Crippen molar-refractivity contribution in [2.75, 3.05) is 24.2 Å². The summed E-state index contributed by atoms with van der Waals surface area (Å²) in [5.41, 5.74) is 0.620. The number of hydrogen-bond donors (Lipinski definition) is 2. The number of benzene rings is 1. The van der Waals surface area contributed by atoms with Crippen LogP contribution < -0.4 is 14.9 Å². The van der Waals surface area contributed by atoms with Gasteiger partial charge in [-0.3, -0.25) is 9.59 Å². The average Bonchev–Trinajstić information content (AvgIpc) is 2.78. The zero-order valence-electron chi connectivity index (χ0n) is 12.6. The molecular weight excluding hydrogens is 342 g/mol. The topological polar surface area (TPSA) is 95.6 Å². The average molecular weight is 360 g/mol. The quantitative estimate of drug-likeness (QED) is 0.773. The minimum absolute atomic E-state index is 0.0177. The standard InChI is InChI=1S/C14H18ClN3O4S/c1-23(21,22)16-7-6-13(19)17-10-8-14(20)18(9-10)12-5-3-2-4-11(12)15/h2-5,10,16H,6-9H2,1H3,(H,17,19)/t10-/m0/s1. The van der Waals surface area contributed by atoms with Gasteiger partial charge in [0.2, 0.25) is 21.8 Å². The predicted octanol–water partition coefficient (Wildman–Crippen LogP) is 0.501. The molecule has 0 unspecified atom stereocenters. The maximum atomic E-state index is 12.1. The SMILES string of the molecule is CS(=O)(=O)NCCC(=O)N[C@H]1CC(=O)N(c2ccccc2Cl)C1. The first-order chi connectivity index (χ1) is 10.8. The highest BCUT2D eigenvalue weighted by molar-refractivity contribution is 7.88. The predicted molar refractivity (Wildman–Crippen MR) is 87.8 cm³/mol. The molecule has 0 saturated carbocycles. The van der Waals surface area contributed by atoms with E-state index in [0.29, 0.717) is 17.3 Å². The van der Waals surface area contributed by atoms with E-state index in [1.807, 2.05) is 0 Å². The normalized spacial score (nSPS) is 18.3. The van der Waals surface area contributed by atoms with E-state index >= 15 is 0 Å². The van der Waals surface area contributed by atoms with Crippen LogP contribution in [-0.4, -0.2) is 45.6 Å². The fourth-order valence-electron chi connectivity index (χ4n) is 2.36. The van der Waals surface area contributed by atoms with E-state index in [-0.39, 0.29) is 37.2 Å². The molecule has 0 radical (unpaired) electrons. The Morgan fingerprint density at radius 3 is 2.74 bits per heavy atom. The molecule has 1 fully saturated rings. The van der Waals surface area contributed by atoms with Gasteiger partial charge in [-0.25, -0.2) is 13.1 Å². The van der Waals surface area contributed by atoms with E-state index < -0.39 is 10.0 Å². The number of nitrogens with zero attached hydrogens (tertiary/aromatic N) is 1. The van der Waals surface area contributed by atoms with Gasteiger partial charge in [-0.1, -0.05) is 23.7 Å². The van der Waals surface area contributed by atoms with Crippen LogP contribution in [0.15, 0.2) is 24.3 Å². The first-order valence-electron chi connectivity index (χ1n) is 7.05. The minimum Gasteiger partial charge on any atom is -0.351 e. The number of anilines is 1. The number of nitrogens with one attached hydrogen (secondary N) is 2. The van der Waals surface area contributed by atoms with Gasteiger partial charge in [-0.2, -0.15) is 0 Å². The minimum atomic E-state index is -3.31. The molecule has 1 heterocycles. The highest BCUT2D eigenvalue weighted by Gasteiger charge is 2.32. The molecular formula is C14H18ClN3O4S. The summed E-state index contributed by atoms with van der Waals surface area (Å²) >= 11 is 6.09. The molecule has 1 atom stereocenters. The summed E-state index contributed by atoms with van der Waals surface area (Å²) in [6.45, 7) is 0.368. The van der Waals surface area contributed by atoms with Crippen LogP contribution in [0, 0.1) is 0 Å². The van der Waals surface area contributed by atoms with Crippen LogP contribution in [0.1, 0.15) is 12.8 Å². The van der Waals surface area contributed by atoms with Crippen molar-refractivity contribution in [2.45, 2.75) is 18.9 Å². The first kappa shape index (κ1) is 17.7. The van der Waals surface area contributed by atoms with Crippen molar-refractivity contribution < 1.29 is 18.0 Å². The third-order valence-corrected chi connectivity index (χ3v) is 4.40. The van der Waals surface area contributed by atoms with Crippen molar-refractivity contribution in [1.82, 2.24) is 10.0 Å². The third-order valence-electron chi connectivity index (χ3n) is 3.35. The van der Waals surface area contributed by atoms with Crippen molar-refractivity contribution in [3.8, 4) is 0 Å². The Hall–Kier alpha value is -1.64. The molecule has 1 aromatic carbocycles. The summed E-state index contributed by atoms with van der Waals surface area (Å²) in [6.07, 6.45) is 1.24. The van der Waals surface area contributed by atoms with E-state index in [1.54, 1.807) is 29.2 Å². The number of carbonyl (C=O) groups is 2. The van der Waals surface area contributed by atoms with Crippen molar-refractivity contribution in [3.05, 3.63) is 29.3 Å². The van der Waals surface area contributed by atoms with Crippen LogP contribution in [-0.2, 0) is 19.6 Å². The van der Waals surface area contributed by atoms with Gasteiger partial charge >= 0.3 is 0 Å². The number of carbonyl (C=O) groups excluding carboxylic acids is 2. The lowest BCUT2D eigenvalue weighted by atomic mass is 10.2. The van der Waals surface area contributed by atoms with Crippen molar-refractivity contribution in [1.29, 1.82) is 0 Å². The number of halogens is 1. The van der Waals surface area contributed by atoms with Crippen LogP contribution in [0.25, 0.3) is 0 Å². The van der Waals surface area contributed by atoms with Gasteiger partial charge in [0.15, 0.2) is 0 Å². The summed E-state index contributed by atoms with van der Waals surface area (Å²) in [5, 5.41) is 3.21. The second-order valence-electron chi connectivity index (χ2n) is 5.34. The molecule has 2 rings (SSSR count). The highest BCUT2D eigenvalue weighted by atomic mass is 35.5. The third kappa shape index (κ3) is 5.19. The Balaban J connectivity index is 1.88. The molecule has 0 bridgehead atoms. The van der Waals surface area contributed by atoms with Gasteiger partial charge in [0.05, 0.1) is 23.0 Å². The lowest BCUT2D eigenvalue weighted by molar-refractivity contribution is -0.121. The van der Waals surface area contributed by atoms with Crippen LogP contribution >= 0.6 is 11.6 Å². The molecule has 126 valence electrons. The first-order valence-corrected chi connectivity index (χ1v) is 9.32. The number of hydrogen-bond acceptors (Lipinski definition) is 4. The Morgan fingerprint density at radius 1 is 1.39 bits per heavy atom. The highest BCUT2D eigenvalue weighted by Crippen LogP contribution is 2.28. The molecule has 0 aliphatic carbocycles. The maximum absolute atomic E-state index is 12.1. The molecule has 2 N–H and O–H groups in total. The van der Waals surface area contributed by atoms with Gasteiger partial charge in [0.1, 0.15) is 0 Å². The van der Waals surface area contributed by atoms with Crippen molar-refractivity contribution in [3.63, 3.8) is 0 Å². The lowest BCUT2D eigenvalue weighted by Crippen LogP contribution is -2.38. The number of rotatable bonds is 6. The van der Waals surface area contributed by atoms with Gasteiger partial charge < -0.3 is 10.2 Å². The van der Waals surface area contributed by atoms with E-state index in [2.05, 4.69) is 10.0 Å². The van der Waals surface area contributed by atoms with E-state index in [1.165, 1.54) is 0 Å². The molecule has 7 nitrogen and oxygen atoms in total. The molecule has 0 aromatic heterocycles. The molecule has 1 aromatic rings. The zero-order valence-corrected chi connectivity index (χ0v) is 14.2. The zero-order chi connectivity index (χ0) is 17.0. The van der Waals surface area contributed by atoms with Gasteiger partial charge in [0.25, 0.3) is 0 Å². The number of amides is 2. The Labute approximate surface area is 140 Å². The molecule has 1 saturated heterocycles. The molecule has 1 aliphatic heterocycles. The Morgan fingerprint density at radius 2 is 2.09 bits per heavy atom. The van der Waals surface area contributed by atoms with Crippen LogP contribution in [0.2, 0.25) is 5.02 Å². The van der Waals surface area contributed by atoms with Gasteiger partial charge in [-0.05, 0) is 12.1 Å². The van der Waals surface area contributed by atoms with E-state index in [4.69, 9.17) is 11.6 Å². The monoisotopic (exact) mass is 359 g/mol. The van der Waals surface area contributed by atoms with Crippen molar-refractivity contribution >= 4 is 39.1 Å². The molecule has 9 heteroatoms. The largest absolute Gasteiger partial charge is 0.351 e. The summed E-state index contributed by atoms with van der Waals surface area (Å²) in [6, 6.07) is 6.70. The summed E-state index contributed by atoms with van der Waals surface area (Å²) in [4.78, 5) is 25.4. The smallest absolute Gasteiger partial charge is 0.229 e. The summed E-state index contributed by atoms with van der Waals surface area (Å²) in [7, 11) is -3.31. The second-order valence-corrected chi connectivity index (χ2v) is 7.58. The lowest BCUT2D eigenvalue weighted by Gasteiger charge is -2.18. The molecule has 0 spiro atoms. The second kappa shape index (κ2) is 7.29. The molecule has 2 amide bonds. The summed E-state index contributed by atoms with van der Waals surface area (Å²) < 4.78 is 24.1.